The second-order valence-electron chi connectivity index (χ2n) is 4.36. The quantitative estimate of drug-likeness (QED) is 0.774. The summed E-state index contributed by atoms with van der Waals surface area (Å²) in [5.41, 5.74) is 0.889. The summed E-state index contributed by atoms with van der Waals surface area (Å²) in [6.45, 7) is 9.44. The summed E-state index contributed by atoms with van der Waals surface area (Å²) in [5.74, 6) is 1.60. The van der Waals surface area contributed by atoms with Crippen molar-refractivity contribution >= 4 is 17.4 Å². The van der Waals surface area contributed by atoms with Crippen LogP contribution in [-0.4, -0.2) is 29.2 Å². The number of aryl methyl sites for hydroxylation is 1. The summed E-state index contributed by atoms with van der Waals surface area (Å²) < 4.78 is 5.38. The monoisotopic (exact) mass is 271 g/mol. The molecule has 0 saturated heterocycles. The number of nitrogens with one attached hydrogen (secondary N) is 1. The van der Waals surface area contributed by atoms with Crippen LogP contribution in [0.15, 0.2) is 0 Å². The van der Waals surface area contributed by atoms with E-state index >= 15 is 0 Å². The molecule has 102 valence electrons. The summed E-state index contributed by atoms with van der Waals surface area (Å²) in [6.07, 6.45) is 1.85. The van der Waals surface area contributed by atoms with Crippen LogP contribution in [0, 0.1) is 6.92 Å². The van der Waals surface area contributed by atoms with Crippen LogP contribution >= 0.6 is 11.6 Å². The number of anilines is 1. The summed E-state index contributed by atoms with van der Waals surface area (Å²) in [4.78, 5) is 8.78. The van der Waals surface area contributed by atoms with E-state index in [4.69, 9.17) is 16.3 Å². The Hall–Kier alpha value is -0.870. The molecular weight excluding hydrogens is 250 g/mol. The molecule has 0 bridgehead atoms. The van der Waals surface area contributed by atoms with Crippen molar-refractivity contribution in [2.45, 2.75) is 46.6 Å². The lowest BCUT2D eigenvalue weighted by molar-refractivity contribution is 0.141. The maximum absolute atomic E-state index is 6.12. The Morgan fingerprint density at radius 3 is 2.67 bits per heavy atom. The van der Waals surface area contributed by atoms with Gasteiger partial charge in [-0.05, 0) is 27.2 Å². The minimum Gasteiger partial charge on any atom is -0.380 e. The van der Waals surface area contributed by atoms with Crippen molar-refractivity contribution in [2.75, 3.05) is 18.5 Å². The minimum atomic E-state index is 0.198. The molecule has 0 aliphatic heterocycles. The molecule has 1 aromatic rings. The number of rotatable bonds is 7. The van der Waals surface area contributed by atoms with E-state index in [2.05, 4.69) is 29.1 Å². The highest BCUT2D eigenvalue weighted by Crippen LogP contribution is 2.21. The predicted octanol–water partition coefficient (Wildman–Crippen LogP) is 3.23. The predicted molar refractivity (Wildman–Crippen MR) is 75.4 cm³/mol. The van der Waals surface area contributed by atoms with Crippen LogP contribution in [0.4, 0.5) is 5.82 Å². The first-order valence-electron chi connectivity index (χ1n) is 6.45. The molecule has 1 heterocycles. The zero-order chi connectivity index (χ0) is 13.5. The SMILES string of the molecule is CCCc1nc(Cl)c(C)c(NC(C)COCC)n1. The van der Waals surface area contributed by atoms with Crippen LogP contribution in [-0.2, 0) is 11.2 Å². The molecule has 0 aliphatic carbocycles. The molecule has 0 radical (unpaired) electrons. The van der Waals surface area contributed by atoms with E-state index in [-0.39, 0.29) is 6.04 Å². The molecule has 1 rings (SSSR count). The number of hydrogen-bond acceptors (Lipinski definition) is 4. The topological polar surface area (TPSA) is 47.0 Å². The highest BCUT2D eigenvalue weighted by Gasteiger charge is 2.11. The van der Waals surface area contributed by atoms with Gasteiger partial charge in [-0.25, -0.2) is 9.97 Å². The van der Waals surface area contributed by atoms with Crippen molar-refractivity contribution in [1.29, 1.82) is 0 Å². The van der Waals surface area contributed by atoms with E-state index in [0.717, 1.165) is 36.7 Å². The molecule has 1 unspecified atom stereocenters. The van der Waals surface area contributed by atoms with Crippen LogP contribution < -0.4 is 5.32 Å². The average Bonchev–Trinajstić information content (AvgIpc) is 2.33. The number of ether oxygens (including phenoxy) is 1. The Morgan fingerprint density at radius 1 is 1.33 bits per heavy atom. The Balaban J connectivity index is 2.79. The van der Waals surface area contributed by atoms with Crippen LogP contribution in [0.1, 0.15) is 38.6 Å². The largest absolute Gasteiger partial charge is 0.380 e. The van der Waals surface area contributed by atoms with Gasteiger partial charge in [0.1, 0.15) is 16.8 Å². The maximum Gasteiger partial charge on any atom is 0.137 e. The third-order valence-electron chi connectivity index (χ3n) is 2.56. The Morgan fingerprint density at radius 2 is 2.06 bits per heavy atom. The van der Waals surface area contributed by atoms with Gasteiger partial charge < -0.3 is 10.1 Å². The van der Waals surface area contributed by atoms with Gasteiger partial charge in [0, 0.05) is 24.6 Å². The molecule has 1 atom stereocenters. The first-order chi connectivity index (χ1) is 8.58. The molecule has 0 aromatic carbocycles. The van der Waals surface area contributed by atoms with Crippen molar-refractivity contribution in [1.82, 2.24) is 9.97 Å². The third-order valence-corrected chi connectivity index (χ3v) is 2.93. The van der Waals surface area contributed by atoms with E-state index < -0.39 is 0 Å². The molecule has 0 spiro atoms. The summed E-state index contributed by atoms with van der Waals surface area (Å²) in [5, 5.41) is 3.85. The van der Waals surface area contributed by atoms with Crippen molar-refractivity contribution < 1.29 is 4.74 Å². The molecule has 0 fully saturated rings. The van der Waals surface area contributed by atoms with Crippen molar-refractivity contribution in [3.63, 3.8) is 0 Å². The lowest BCUT2D eigenvalue weighted by atomic mass is 10.2. The molecule has 4 nitrogen and oxygen atoms in total. The van der Waals surface area contributed by atoms with Gasteiger partial charge >= 0.3 is 0 Å². The standard InChI is InChI=1S/C13H22ClN3O/c1-5-7-11-16-12(14)10(4)13(17-11)15-9(3)8-18-6-2/h9H,5-8H2,1-4H3,(H,15,16,17). The summed E-state index contributed by atoms with van der Waals surface area (Å²) in [6, 6.07) is 0.198. The van der Waals surface area contributed by atoms with Crippen LogP contribution in [0.5, 0.6) is 0 Å². The number of aromatic nitrogens is 2. The highest BCUT2D eigenvalue weighted by molar-refractivity contribution is 6.30. The normalized spacial score (nSPS) is 12.5. The van der Waals surface area contributed by atoms with Crippen LogP contribution in [0.3, 0.4) is 0 Å². The van der Waals surface area contributed by atoms with Gasteiger partial charge in [0.15, 0.2) is 0 Å². The lowest BCUT2D eigenvalue weighted by Gasteiger charge is -2.17. The van der Waals surface area contributed by atoms with E-state index in [1.807, 2.05) is 13.8 Å². The molecule has 5 heteroatoms. The van der Waals surface area contributed by atoms with Crippen LogP contribution in [0.2, 0.25) is 5.15 Å². The maximum atomic E-state index is 6.12. The fourth-order valence-corrected chi connectivity index (χ4v) is 1.77. The Bertz CT molecular complexity index is 385. The smallest absolute Gasteiger partial charge is 0.137 e. The number of halogens is 1. The van der Waals surface area contributed by atoms with Gasteiger partial charge in [0.05, 0.1) is 6.61 Å². The zero-order valence-corrected chi connectivity index (χ0v) is 12.3. The van der Waals surface area contributed by atoms with Gasteiger partial charge in [-0.1, -0.05) is 18.5 Å². The zero-order valence-electron chi connectivity index (χ0n) is 11.6. The van der Waals surface area contributed by atoms with Gasteiger partial charge in [0.25, 0.3) is 0 Å². The van der Waals surface area contributed by atoms with Crippen molar-refractivity contribution in [2.24, 2.45) is 0 Å². The van der Waals surface area contributed by atoms with Gasteiger partial charge in [-0.15, -0.1) is 0 Å². The second-order valence-corrected chi connectivity index (χ2v) is 4.72. The molecular formula is C13H22ClN3O. The number of nitrogens with zero attached hydrogens (tertiary/aromatic N) is 2. The van der Waals surface area contributed by atoms with Gasteiger partial charge in [-0.3, -0.25) is 0 Å². The first-order valence-corrected chi connectivity index (χ1v) is 6.83. The van der Waals surface area contributed by atoms with E-state index in [1.165, 1.54) is 0 Å². The molecule has 1 N–H and O–H groups in total. The molecule has 0 aliphatic rings. The third kappa shape index (κ3) is 4.42. The second kappa shape index (κ2) is 7.54. The van der Waals surface area contributed by atoms with E-state index in [9.17, 15) is 0 Å². The fourth-order valence-electron chi connectivity index (χ4n) is 1.58. The minimum absolute atomic E-state index is 0.198. The average molecular weight is 272 g/mol. The molecule has 0 amide bonds. The van der Waals surface area contributed by atoms with Gasteiger partial charge in [-0.2, -0.15) is 0 Å². The molecule has 18 heavy (non-hydrogen) atoms. The van der Waals surface area contributed by atoms with E-state index in [0.29, 0.717) is 11.8 Å². The lowest BCUT2D eigenvalue weighted by Crippen LogP contribution is -2.23. The Kier molecular flexibility index (Phi) is 6.36. The van der Waals surface area contributed by atoms with Gasteiger partial charge in [0.2, 0.25) is 0 Å². The first kappa shape index (κ1) is 15.2. The Labute approximate surface area is 114 Å². The number of hydrogen-bond donors (Lipinski definition) is 1. The fraction of sp³-hybridized carbons (Fsp3) is 0.692. The van der Waals surface area contributed by atoms with Crippen molar-refractivity contribution in [3.8, 4) is 0 Å². The van der Waals surface area contributed by atoms with Crippen LogP contribution in [0.25, 0.3) is 0 Å². The molecule has 1 aromatic heterocycles. The summed E-state index contributed by atoms with van der Waals surface area (Å²) >= 11 is 6.12. The highest BCUT2D eigenvalue weighted by atomic mass is 35.5. The van der Waals surface area contributed by atoms with E-state index in [1.54, 1.807) is 0 Å². The van der Waals surface area contributed by atoms with Crippen molar-refractivity contribution in [3.05, 3.63) is 16.5 Å². The molecule has 0 saturated carbocycles. The summed E-state index contributed by atoms with van der Waals surface area (Å²) in [7, 11) is 0.